The molecule has 0 aromatic heterocycles. The Hall–Kier alpha value is -1.81. The number of ether oxygens (including phenoxy) is 1. The average molecular weight is 290 g/mol. The fourth-order valence-electron chi connectivity index (χ4n) is 1.36. The van der Waals surface area contributed by atoms with Crippen molar-refractivity contribution in [2.24, 2.45) is 0 Å². The fourth-order valence-corrected chi connectivity index (χ4v) is 1.96. The van der Waals surface area contributed by atoms with Crippen LogP contribution in [-0.2, 0) is 14.3 Å². The zero-order valence-corrected chi connectivity index (χ0v) is 12.5. The number of thioether (sulfide) groups is 1. The Balaban J connectivity index is 2.26. The van der Waals surface area contributed by atoms with Crippen molar-refractivity contribution in [2.75, 3.05) is 12.4 Å². The third kappa shape index (κ3) is 6.95. The van der Waals surface area contributed by atoms with E-state index in [0.717, 1.165) is 17.3 Å². The van der Waals surface area contributed by atoms with Gasteiger partial charge in [-0.1, -0.05) is 47.7 Å². The van der Waals surface area contributed by atoms with Crippen LogP contribution in [-0.4, -0.2) is 23.4 Å². The molecule has 0 amide bonds. The third-order valence-corrected chi connectivity index (χ3v) is 3.16. The highest BCUT2D eigenvalue weighted by Crippen LogP contribution is 2.06. The van der Waals surface area contributed by atoms with Crippen LogP contribution in [0.5, 0.6) is 0 Å². The quantitative estimate of drug-likeness (QED) is 0.457. The van der Waals surface area contributed by atoms with Gasteiger partial charge in [0.05, 0.1) is 0 Å². The summed E-state index contributed by atoms with van der Waals surface area (Å²) in [6, 6.07) is 7.83. The Bertz CT molecular complexity index is 501. The van der Waals surface area contributed by atoms with Crippen molar-refractivity contribution < 1.29 is 14.3 Å². The van der Waals surface area contributed by atoms with E-state index in [1.165, 1.54) is 17.7 Å². The molecule has 0 unspecified atom stereocenters. The monoisotopic (exact) mass is 290 g/mol. The second kappa shape index (κ2) is 9.15. The molecule has 0 aliphatic rings. The predicted octanol–water partition coefficient (Wildman–Crippen LogP) is 3.39. The molecule has 0 aliphatic carbocycles. The van der Waals surface area contributed by atoms with Crippen molar-refractivity contribution in [3.63, 3.8) is 0 Å². The summed E-state index contributed by atoms with van der Waals surface area (Å²) in [5.41, 5.74) is 2.12. The molecule has 0 atom stereocenters. The predicted molar refractivity (Wildman–Crippen MR) is 83.5 cm³/mol. The maximum absolute atomic E-state index is 11.4. The average Bonchev–Trinajstić information content (AvgIpc) is 2.43. The summed E-state index contributed by atoms with van der Waals surface area (Å²) in [4.78, 5) is 22.6. The molecular formula is C16H18O3S. The molecule has 4 heteroatoms. The summed E-state index contributed by atoms with van der Waals surface area (Å²) in [6.07, 6.45) is 6.28. The van der Waals surface area contributed by atoms with Gasteiger partial charge in [0, 0.05) is 11.8 Å². The van der Waals surface area contributed by atoms with Gasteiger partial charge in [-0.15, -0.1) is 0 Å². The minimum Gasteiger partial charge on any atom is -0.462 e. The summed E-state index contributed by atoms with van der Waals surface area (Å²) in [6.45, 7) is 4.02. The first kappa shape index (κ1) is 16.2. The van der Waals surface area contributed by atoms with Crippen LogP contribution in [0.2, 0.25) is 0 Å². The molecule has 1 aromatic rings. The fraction of sp³-hybridized carbons (Fsp3) is 0.250. The standard InChI is InChI=1S/C16H18O3S/c1-3-4-16(18)20-12-11-19-15(17)10-9-14-7-5-13(2)6-8-14/h3-10H,11-12H2,1-2H3/b4-3-,10-9+. The highest BCUT2D eigenvalue weighted by atomic mass is 32.2. The Morgan fingerprint density at radius 3 is 2.55 bits per heavy atom. The molecule has 0 heterocycles. The Morgan fingerprint density at radius 2 is 1.90 bits per heavy atom. The summed E-state index contributed by atoms with van der Waals surface area (Å²) in [7, 11) is 0. The first-order chi connectivity index (χ1) is 9.61. The molecule has 0 aliphatic heterocycles. The highest BCUT2D eigenvalue weighted by molar-refractivity contribution is 8.14. The normalized spacial score (nSPS) is 11.1. The van der Waals surface area contributed by atoms with E-state index in [0.29, 0.717) is 5.75 Å². The molecule has 0 fully saturated rings. The van der Waals surface area contributed by atoms with Crippen molar-refractivity contribution >= 4 is 28.9 Å². The van der Waals surface area contributed by atoms with Crippen LogP contribution < -0.4 is 0 Å². The van der Waals surface area contributed by atoms with Crippen molar-refractivity contribution in [3.8, 4) is 0 Å². The summed E-state index contributed by atoms with van der Waals surface area (Å²) < 4.78 is 4.99. The van der Waals surface area contributed by atoms with Gasteiger partial charge < -0.3 is 4.74 Å². The minimum atomic E-state index is -0.398. The van der Waals surface area contributed by atoms with Gasteiger partial charge in [0.1, 0.15) is 6.61 Å². The van der Waals surface area contributed by atoms with Gasteiger partial charge in [-0.05, 0) is 31.6 Å². The van der Waals surface area contributed by atoms with Gasteiger partial charge in [-0.2, -0.15) is 0 Å². The number of aryl methyl sites for hydroxylation is 1. The van der Waals surface area contributed by atoms with E-state index in [9.17, 15) is 9.59 Å². The number of esters is 1. The first-order valence-corrected chi connectivity index (χ1v) is 7.31. The smallest absolute Gasteiger partial charge is 0.330 e. The van der Waals surface area contributed by atoms with Crippen molar-refractivity contribution in [2.45, 2.75) is 13.8 Å². The summed E-state index contributed by atoms with van der Waals surface area (Å²) >= 11 is 1.13. The number of hydrogen-bond acceptors (Lipinski definition) is 4. The maximum Gasteiger partial charge on any atom is 0.330 e. The van der Waals surface area contributed by atoms with E-state index in [1.807, 2.05) is 31.2 Å². The summed E-state index contributed by atoms with van der Waals surface area (Å²) in [5, 5.41) is -0.0289. The van der Waals surface area contributed by atoms with E-state index in [4.69, 9.17) is 4.74 Å². The van der Waals surface area contributed by atoms with Gasteiger partial charge in [0.2, 0.25) is 5.12 Å². The largest absolute Gasteiger partial charge is 0.462 e. The molecule has 0 spiro atoms. The van der Waals surface area contributed by atoms with Crippen molar-refractivity contribution in [1.82, 2.24) is 0 Å². The van der Waals surface area contributed by atoms with Gasteiger partial charge in [-0.25, -0.2) is 4.79 Å². The number of allylic oxidation sites excluding steroid dienone is 1. The second-order valence-electron chi connectivity index (χ2n) is 4.08. The van der Waals surface area contributed by atoms with Gasteiger partial charge in [0.25, 0.3) is 0 Å². The highest BCUT2D eigenvalue weighted by Gasteiger charge is 2.00. The number of hydrogen-bond donors (Lipinski definition) is 0. The lowest BCUT2D eigenvalue weighted by atomic mass is 10.1. The molecule has 0 bridgehead atoms. The molecular weight excluding hydrogens is 272 g/mol. The van der Waals surface area contributed by atoms with Crippen LogP contribution in [0.25, 0.3) is 6.08 Å². The third-order valence-electron chi connectivity index (χ3n) is 2.36. The topological polar surface area (TPSA) is 43.4 Å². The number of carbonyl (C=O) groups excluding carboxylic acids is 2. The van der Waals surface area contributed by atoms with Crippen LogP contribution >= 0.6 is 11.8 Å². The Labute approximate surface area is 123 Å². The molecule has 0 N–H and O–H groups in total. The number of rotatable bonds is 6. The lowest BCUT2D eigenvalue weighted by Crippen LogP contribution is -2.05. The molecule has 20 heavy (non-hydrogen) atoms. The minimum absolute atomic E-state index is 0.0289. The van der Waals surface area contributed by atoms with Crippen LogP contribution in [0.4, 0.5) is 0 Å². The first-order valence-electron chi connectivity index (χ1n) is 6.33. The zero-order valence-electron chi connectivity index (χ0n) is 11.7. The lowest BCUT2D eigenvalue weighted by molar-refractivity contribution is -0.137. The van der Waals surface area contributed by atoms with E-state index >= 15 is 0 Å². The van der Waals surface area contributed by atoms with Gasteiger partial charge in [0.15, 0.2) is 0 Å². The van der Waals surface area contributed by atoms with Crippen LogP contribution in [0.1, 0.15) is 18.1 Å². The van der Waals surface area contributed by atoms with E-state index < -0.39 is 5.97 Å². The van der Waals surface area contributed by atoms with E-state index in [2.05, 4.69) is 0 Å². The maximum atomic E-state index is 11.4. The van der Waals surface area contributed by atoms with Gasteiger partial charge in [-0.3, -0.25) is 4.79 Å². The Kier molecular flexibility index (Phi) is 7.43. The van der Waals surface area contributed by atoms with Crippen LogP contribution in [0.3, 0.4) is 0 Å². The van der Waals surface area contributed by atoms with Crippen molar-refractivity contribution in [1.29, 1.82) is 0 Å². The Morgan fingerprint density at radius 1 is 1.20 bits per heavy atom. The number of benzene rings is 1. The molecule has 106 valence electrons. The molecule has 1 aromatic carbocycles. The summed E-state index contributed by atoms with van der Waals surface area (Å²) in [5.74, 6) is 0.0671. The molecule has 0 saturated heterocycles. The number of carbonyl (C=O) groups is 2. The van der Waals surface area contributed by atoms with Gasteiger partial charge >= 0.3 is 5.97 Å². The lowest BCUT2D eigenvalue weighted by Gasteiger charge is -2.00. The molecule has 3 nitrogen and oxygen atoms in total. The van der Waals surface area contributed by atoms with E-state index in [-0.39, 0.29) is 11.7 Å². The van der Waals surface area contributed by atoms with Crippen LogP contribution in [0, 0.1) is 6.92 Å². The molecule has 0 saturated carbocycles. The molecule has 1 rings (SSSR count). The zero-order chi connectivity index (χ0) is 14.8. The van der Waals surface area contributed by atoms with Crippen molar-refractivity contribution in [3.05, 3.63) is 53.6 Å². The molecule has 0 radical (unpaired) electrons. The van der Waals surface area contributed by atoms with Crippen LogP contribution in [0.15, 0.2) is 42.5 Å². The second-order valence-corrected chi connectivity index (χ2v) is 5.18. The van der Waals surface area contributed by atoms with E-state index in [1.54, 1.807) is 19.1 Å². The SMILES string of the molecule is C/C=C\C(=O)SCCOC(=O)/C=C/c1ccc(C)cc1.